The number of phenols is 1. The van der Waals surface area contributed by atoms with Crippen LogP contribution in [0.2, 0.25) is 0 Å². The summed E-state index contributed by atoms with van der Waals surface area (Å²) >= 11 is 0. The number of ether oxygens (including phenoxy) is 1. The number of phenolic OH excluding ortho intramolecular Hbond substituents is 1. The number of piperidine rings is 2. The average Bonchev–Trinajstić information content (AvgIpc) is 3.31. The van der Waals surface area contributed by atoms with Crippen LogP contribution in [0.25, 0.3) is 27.9 Å². The van der Waals surface area contributed by atoms with Crippen molar-refractivity contribution in [2.45, 2.75) is 50.0 Å². The van der Waals surface area contributed by atoms with Crippen LogP contribution in [-0.2, 0) is 0 Å². The zero-order valence-corrected chi connectivity index (χ0v) is 17.9. The van der Waals surface area contributed by atoms with Gasteiger partial charge in [-0.2, -0.15) is 0 Å². The van der Waals surface area contributed by atoms with E-state index in [9.17, 15) is 9.50 Å². The monoisotopic (exact) mass is 445 g/mol. The molecule has 8 heteroatoms. The normalized spacial score (nSPS) is 24.6. The van der Waals surface area contributed by atoms with Crippen LogP contribution in [0.3, 0.4) is 0 Å². The van der Waals surface area contributed by atoms with Crippen molar-refractivity contribution in [3.63, 3.8) is 0 Å². The van der Waals surface area contributed by atoms with Gasteiger partial charge in [-0.25, -0.2) is 9.37 Å². The molecule has 168 valence electrons. The van der Waals surface area contributed by atoms with Crippen molar-refractivity contribution in [1.82, 2.24) is 24.9 Å². The number of benzene rings is 1. The second kappa shape index (κ2) is 8.12. The molecule has 2 N–H and O–H groups in total. The number of rotatable bonds is 4. The lowest BCUT2D eigenvalue weighted by Gasteiger charge is -2.42. The van der Waals surface area contributed by atoms with Crippen LogP contribution in [0, 0.1) is 0 Å². The van der Waals surface area contributed by atoms with Crippen molar-refractivity contribution in [3.8, 4) is 34.0 Å². The Hall–Kier alpha value is -3.52. The molecule has 2 unspecified atom stereocenters. The van der Waals surface area contributed by atoms with E-state index in [4.69, 9.17) is 4.74 Å². The minimum absolute atomic E-state index is 0.108. The largest absolute Gasteiger partial charge is 0.507 e. The van der Waals surface area contributed by atoms with E-state index in [0.717, 1.165) is 35.9 Å². The van der Waals surface area contributed by atoms with Crippen molar-refractivity contribution >= 4 is 5.52 Å². The van der Waals surface area contributed by atoms with Crippen molar-refractivity contribution in [1.29, 1.82) is 0 Å². The maximum atomic E-state index is 14.8. The smallest absolute Gasteiger partial charge is 0.233 e. The summed E-state index contributed by atoms with van der Waals surface area (Å²) in [5, 5.41) is 22.4. The van der Waals surface area contributed by atoms with Crippen LogP contribution < -0.4 is 10.1 Å². The molecule has 2 aliphatic rings. The summed E-state index contributed by atoms with van der Waals surface area (Å²) in [7, 11) is 0. The number of hydrogen-bond donors (Lipinski definition) is 2. The number of aromatic hydroxyl groups is 1. The lowest BCUT2D eigenvalue weighted by molar-refractivity contribution is 0.00652. The zero-order valence-electron chi connectivity index (χ0n) is 17.9. The van der Waals surface area contributed by atoms with E-state index in [-0.39, 0.29) is 11.8 Å². The van der Waals surface area contributed by atoms with Gasteiger partial charge in [-0.3, -0.25) is 0 Å². The molecule has 0 radical (unpaired) electrons. The molecule has 33 heavy (non-hydrogen) atoms. The van der Waals surface area contributed by atoms with Gasteiger partial charge in [-0.1, -0.05) is 18.6 Å². The fraction of sp³-hybridized carbons (Fsp3) is 0.320. The Balaban J connectivity index is 1.20. The molecule has 7 nitrogen and oxygen atoms in total. The second-order valence-electron chi connectivity index (χ2n) is 8.87. The van der Waals surface area contributed by atoms with E-state index in [2.05, 4.69) is 20.5 Å². The first-order valence-electron chi connectivity index (χ1n) is 11.3. The number of pyridine rings is 1. The predicted octanol–water partition coefficient (Wildman–Crippen LogP) is 4.16. The molecule has 2 bridgehead atoms. The van der Waals surface area contributed by atoms with Gasteiger partial charge in [-0.05, 0) is 48.2 Å². The van der Waals surface area contributed by atoms with Crippen LogP contribution >= 0.6 is 0 Å². The van der Waals surface area contributed by atoms with Gasteiger partial charge in [-0.15, -0.1) is 10.2 Å². The Morgan fingerprint density at radius 2 is 1.97 bits per heavy atom. The zero-order chi connectivity index (χ0) is 22.4. The average molecular weight is 445 g/mol. The molecule has 2 fully saturated rings. The highest BCUT2D eigenvalue weighted by atomic mass is 19.1. The molecular weight excluding hydrogens is 421 g/mol. The molecule has 1 aromatic carbocycles. The van der Waals surface area contributed by atoms with Gasteiger partial charge >= 0.3 is 0 Å². The summed E-state index contributed by atoms with van der Waals surface area (Å²) in [5.41, 5.74) is 3.94. The molecule has 6 rings (SSSR count). The minimum atomic E-state index is -1.05. The summed E-state index contributed by atoms with van der Waals surface area (Å²) in [6.07, 6.45) is 7.53. The van der Waals surface area contributed by atoms with Crippen LogP contribution in [0.15, 0.2) is 61.2 Å². The molecule has 3 aromatic heterocycles. The Labute approximate surface area is 190 Å². The van der Waals surface area contributed by atoms with E-state index >= 15 is 0 Å². The van der Waals surface area contributed by atoms with Gasteiger partial charge in [0.2, 0.25) is 5.88 Å². The van der Waals surface area contributed by atoms with E-state index in [1.54, 1.807) is 30.7 Å². The Kier molecular flexibility index (Phi) is 4.95. The molecular formula is C25H24FN5O2. The van der Waals surface area contributed by atoms with Crippen molar-refractivity contribution in [3.05, 3.63) is 61.2 Å². The third-order valence-electron chi connectivity index (χ3n) is 6.70. The van der Waals surface area contributed by atoms with E-state index in [0.29, 0.717) is 29.6 Å². The number of nitrogens with zero attached hydrogens (tertiary/aromatic N) is 4. The summed E-state index contributed by atoms with van der Waals surface area (Å²) < 4.78 is 22.6. The number of aromatic nitrogens is 4. The maximum Gasteiger partial charge on any atom is 0.233 e. The van der Waals surface area contributed by atoms with Crippen molar-refractivity contribution in [2.24, 2.45) is 0 Å². The standard InChI is InChI=1S/C25H24FN5O2/c26-25-21-3-1-2-17(28-21)11-23(25)33-24-9-8-20(29-30-24)19-7-5-15(10-22(19)32)16-4-6-18-12-27-14-31(18)13-16/h4-10,12-14,17,21,23,25,28,32H,1-3,11H2/t17?,21?,23-,25+/m1/s1. The molecule has 0 amide bonds. The lowest BCUT2D eigenvalue weighted by Crippen LogP contribution is -2.59. The Bertz CT molecular complexity index is 1290. The van der Waals surface area contributed by atoms with Crippen LogP contribution in [0.1, 0.15) is 25.7 Å². The molecule has 0 spiro atoms. The van der Waals surface area contributed by atoms with Crippen LogP contribution in [-0.4, -0.2) is 49.0 Å². The maximum absolute atomic E-state index is 14.8. The number of nitrogens with one attached hydrogen (secondary N) is 1. The summed E-state index contributed by atoms with van der Waals surface area (Å²) in [5.74, 6) is 0.410. The van der Waals surface area contributed by atoms with Gasteiger partial charge in [0.15, 0.2) is 6.17 Å². The van der Waals surface area contributed by atoms with Crippen LogP contribution in [0.5, 0.6) is 11.6 Å². The van der Waals surface area contributed by atoms with Crippen molar-refractivity contribution in [2.75, 3.05) is 0 Å². The number of imidazole rings is 1. The van der Waals surface area contributed by atoms with E-state index in [1.807, 2.05) is 34.9 Å². The minimum Gasteiger partial charge on any atom is -0.507 e. The first kappa shape index (κ1) is 20.1. The molecule has 4 atom stereocenters. The third kappa shape index (κ3) is 3.80. The molecule has 2 aliphatic heterocycles. The molecule has 4 aromatic rings. The highest BCUT2D eigenvalue weighted by Crippen LogP contribution is 2.34. The van der Waals surface area contributed by atoms with Gasteiger partial charge in [0, 0.05) is 36.3 Å². The fourth-order valence-electron chi connectivity index (χ4n) is 4.97. The Morgan fingerprint density at radius 3 is 2.82 bits per heavy atom. The van der Waals surface area contributed by atoms with Gasteiger partial charge in [0.1, 0.15) is 11.9 Å². The first-order valence-corrected chi connectivity index (χ1v) is 11.3. The number of hydrogen-bond acceptors (Lipinski definition) is 6. The second-order valence-corrected chi connectivity index (χ2v) is 8.87. The van der Waals surface area contributed by atoms with Crippen molar-refractivity contribution < 1.29 is 14.2 Å². The molecule has 2 saturated heterocycles. The SMILES string of the molecule is Oc1cc(-c2ccc3cncn3c2)ccc1-c1ccc(O[C@@H]2CC3CCCC(N3)[C@@H]2F)nn1. The summed E-state index contributed by atoms with van der Waals surface area (Å²) in [6.45, 7) is 0. The summed E-state index contributed by atoms with van der Waals surface area (Å²) in [6, 6.07) is 13.0. The quantitative estimate of drug-likeness (QED) is 0.491. The number of fused-ring (bicyclic) bond motifs is 3. The van der Waals surface area contributed by atoms with Gasteiger partial charge in [0.05, 0.1) is 23.7 Å². The van der Waals surface area contributed by atoms with Gasteiger partial charge < -0.3 is 19.6 Å². The number of halogens is 1. The van der Waals surface area contributed by atoms with Crippen LogP contribution in [0.4, 0.5) is 4.39 Å². The highest BCUT2D eigenvalue weighted by Gasteiger charge is 2.41. The van der Waals surface area contributed by atoms with E-state index in [1.165, 1.54) is 0 Å². The molecule has 0 aliphatic carbocycles. The predicted molar refractivity (Wildman–Crippen MR) is 122 cm³/mol. The van der Waals surface area contributed by atoms with Gasteiger partial charge in [0.25, 0.3) is 0 Å². The molecule has 5 heterocycles. The molecule has 0 saturated carbocycles. The summed E-state index contributed by atoms with van der Waals surface area (Å²) in [4.78, 5) is 4.13. The first-order chi connectivity index (χ1) is 16.1. The third-order valence-corrected chi connectivity index (χ3v) is 6.70. The topological polar surface area (TPSA) is 84.6 Å². The fourth-order valence-corrected chi connectivity index (χ4v) is 4.97. The van der Waals surface area contributed by atoms with E-state index < -0.39 is 12.3 Å². The number of alkyl halides is 1. The Morgan fingerprint density at radius 1 is 1.06 bits per heavy atom. The lowest BCUT2D eigenvalue weighted by atomic mass is 9.84. The highest BCUT2D eigenvalue weighted by molar-refractivity contribution is 5.74.